The van der Waals surface area contributed by atoms with Gasteiger partial charge in [-0.1, -0.05) is 19.3 Å². The van der Waals surface area contributed by atoms with Gasteiger partial charge in [-0.15, -0.1) is 0 Å². The zero-order valence-corrected chi connectivity index (χ0v) is 15.2. The highest BCUT2D eigenvalue weighted by atomic mass is 16.2. The molecule has 4 fully saturated rings. The van der Waals surface area contributed by atoms with Gasteiger partial charge in [0.05, 0.1) is 11.8 Å². The molecule has 0 aromatic carbocycles. The predicted octanol–water partition coefficient (Wildman–Crippen LogP) is 2.49. The smallest absolute Gasteiger partial charge is 0.233 e. The van der Waals surface area contributed by atoms with Gasteiger partial charge in [-0.05, 0) is 56.8 Å². The molecule has 0 aromatic rings. The Labute approximate surface area is 149 Å². The Bertz CT molecular complexity index is 551. The van der Waals surface area contributed by atoms with Crippen LogP contribution < -0.4 is 5.32 Å². The van der Waals surface area contributed by atoms with Crippen LogP contribution in [-0.4, -0.2) is 35.2 Å². The van der Waals surface area contributed by atoms with E-state index in [0.717, 1.165) is 37.5 Å². The molecule has 4 aliphatic rings. The third-order valence-electron chi connectivity index (χ3n) is 7.32. The Kier molecular flexibility index (Phi) is 4.59. The van der Waals surface area contributed by atoms with Crippen molar-refractivity contribution in [1.82, 2.24) is 10.2 Å². The number of fused-ring (bicyclic) bond motifs is 3. The Balaban J connectivity index is 1.27. The number of carbonyl (C=O) groups excluding carboxylic acids is 3. The van der Waals surface area contributed by atoms with E-state index in [4.69, 9.17) is 0 Å². The van der Waals surface area contributed by atoms with Crippen LogP contribution in [0.25, 0.3) is 0 Å². The quantitative estimate of drug-likeness (QED) is 0.778. The van der Waals surface area contributed by atoms with Crippen LogP contribution >= 0.6 is 0 Å². The van der Waals surface area contributed by atoms with E-state index in [1.807, 2.05) is 0 Å². The van der Waals surface area contributed by atoms with Crippen molar-refractivity contribution in [2.75, 3.05) is 6.54 Å². The van der Waals surface area contributed by atoms with E-state index in [-0.39, 0.29) is 48.6 Å². The summed E-state index contributed by atoms with van der Waals surface area (Å²) in [5.74, 6) is 1.94. The molecule has 1 saturated heterocycles. The zero-order chi connectivity index (χ0) is 17.6. The zero-order valence-electron chi connectivity index (χ0n) is 15.2. The fourth-order valence-electron chi connectivity index (χ4n) is 6.00. The Morgan fingerprint density at radius 2 is 1.76 bits per heavy atom. The molecule has 0 unspecified atom stereocenters. The molecule has 6 atom stereocenters. The summed E-state index contributed by atoms with van der Waals surface area (Å²) in [7, 11) is 0. The van der Waals surface area contributed by atoms with Gasteiger partial charge in [0.2, 0.25) is 17.7 Å². The predicted molar refractivity (Wildman–Crippen MR) is 93.3 cm³/mol. The van der Waals surface area contributed by atoms with Crippen LogP contribution in [0.1, 0.15) is 64.7 Å². The molecule has 5 heteroatoms. The lowest BCUT2D eigenvalue weighted by Gasteiger charge is -2.28. The summed E-state index contributed by atoms with van der Waals surface area (Å²) in [6.45, 7) is 2.37. The van der Waals surface area contributed by atoms with Crippen molar-refractivity contribution in [2.24, 2.45) is 29.6 Å². The van der Waals surface area contributed by atoms with Crippen LogP contribution in [0.2, 0.25) is 0 Å². The molecular formula is C20H30N2O3. The number of nitrogens with zero attached hydrogens (tertiary/aromatic N) is 1. The maximum atomic E-state index is 12.5. The van der Waals surface area contributed by atoms with Crippen LogP contribution in [0.15, 0.2) is 0 Å². The number of nitrogens with one attached hydrogen (secondary N) is 1. The topological polar surface area (TPSA) is 66.5 Å². The molecule has 0 aromatic heterocycles. The SMILES string of the molecule is C[C@H](NC(=O)CCN1C(=O)[C@@H]2CCCC[C@H]2C1=O)[C@@H]1C[C@H]2CC[C@H]1C2. The minimum Gasteiger partial charge on any atom is -0.353 e. The van der Waals surface area contributed by atoms with E-state index < -0.39 is 0 Å². The van der Waals surface area contributed by atoms with Gasteiger partial charge >= 0.3 is 0 Å². The minimum absolute atomic E-state index is 0.0225. The number of amides is 3. The summed E-state index contributed by atoms with van der Waals surface area (Å²) < 4.78 is 0. The molecule has 2 bridgehead atoms. The molecule has 3 amide bonds. The van der Waals surface area contributed by atoms with E-state index in [0.29, 0.717) is 5.92 Å². The van der Waals surface area contributed by atoms with Gasteiger partial charge < -0.3 is 5.32 Å². The van der Waals surface area contributed by atoms with Crippen LogP contribution in [0.4, 0.5) is 0 Å². The highest BCUT2D eigenvalue weighted by Gasteiger charge is 2.48. The van der Waals surface area contributed by atoms with E-state index in [2.05, 4.69) is 12.2 Å². The summed E-state index contributed by atoms with van der Waals surface area (Å²) >= 11 is 0. The molecule has 138 valence electrons. The Morgan fingerprint density at radius 3 is 2.32 bits per heavy atom. The summed E-state index contributed by atoms with van der Waals surface area (Å²) in [5, 5.41) is 3.13. The molecule has 0 radical (unpaired) electrons. The summed E-state index contributed by atoms with van der Waals surface area (Å²) in [6.07, 6.45) is 9.24. The Morgan fingerprint density at radius 1 is 1.08 bits per heavy atom. The fraction of sp³-hybridized carbons (Fsp3) is 0.850. The van der Waals surface area contributed by atoms with E-state index >= 15 is 0 Å². The first kappa shape index (κ1) is 17.0. The Hall–Kier alpha value is -1.39. The summed E-state index contributed by atoms with van der Waals surface area (Å²) in [4.78, 5) is 38.6. The first-order valence-electron chi connectivity index (χ1n) is 10.2. The largest absolute Gasteiger partial charge is 0.353 e. The van der Waals surface area contributed by atoms with Crippen molar-refractivity contribution in [2.45, 2.75) is 70.8 Å². The van der Waals surface area contributed by atoms with Crippen molar-refractivity contribution in [3.8, 4) is 0 Å². The van der Waals surface area contributed by atoms with Gasteiger partial charge in [-0.3, -0.25) is 19.3 Å². The number of likely N-dealkylation sites (tertiary alicyclic amines) is 1. The van der Waals surface area contributed by atoms with Crippen LogP contribution in [0, 0.1) is 29.6 Å². The first-order chi connectivity index (χ1) is 12.0. The van der Waals surface area contributed by atoms with Crippen LogP contribution in [0.5, 0.6) is 0 Å². The highest BCUT2D eigenvalue weighted by Crippen LogP contribution is 2.49. The molecule has 25 heavy (non-hydrogen) atoms. The maximum absolute atomic E-state index is 12.5. The maximum Gasteiger partial charge on any atom is 0.233 e. The first-order valence-corrected chi connectivity index (χ1v) is 10.2. The number of hydrogen-bond donors (Lipinski definition) is 1. The van der Waals surface area contributed by atoms with Crippen molar-refractivity contribution in [1.29, 1.82) is 0 Å². The third kappa shape index (κ3) is 3.11. The van der Waals surface area contributed by atoms with Crippen molar-refractivity contribution in [3.05, 3.63) is 0 Å². The lowest BCUT2D eigenvalue weighted by atomic mass is 9.81. The van der Waals surface area contributed by atoms with Gasteiger partial charge in [0.25, 0.3) is 0 Å². The number of carbonyl (C=O) groups is 3. The lowest BCUT2D eigenvalue weighted by molar-refractivity contribution is -0.140. The average Bonchev–Trinajstić information content (AvgIpc) is 3.29. The number of hydrogen-bond acceptors (Lipinski definition) is 3. The third-order valence-corrected chi connectivity index (χ3v) is 7.32. The van der Waals surface area contributed by atoms with E-state index in [1.54, 1.807) is 0 Å². The van der Waals surface area contributed by atoms with Crippen molar-refractivity contribution in [3.63, 3.8) is 0 Å². The molecule has 4 rings (SSSR count). The molecular weight excluding hydrogens is 316 g/mol. The summed E-state index contributed by atoms with van der Waals surface area (Å²) in [5.41, 5.74) is 0. The molecule has 5 nitrogen and oxygen atoms in total. The molecule has 1 N–H and O–H groups in total. The van der Waals surface area contributed by atoms with E-state index in [1.165, 1.54) is 30.6 Å². The molecule has 1 aliphatic heterocycles. The van der Waals surface area contributed by atoms with Crippen molar-refractivity contribution >= 4 is 17.7 Å². The fourth-order valence-corrected chi connectivity index (χ4v) is 6.00. The second-order valence-corrected chi connectivity index (χ2v) is 8.77. The van der Waals surface area contributed by atoms with E-state index in [9.17, 15) is 14.4 Å². The van der Waals surface area contributed by atoms with Gasteiger partial charge in [-0.25, -0.2) is 0 Å². The van der Waals surface area contributed by atoms with Gasteiger partial charge in [0.1, 0.15) is 0 Å². The summed E-state index contributed by atoms with van der Waals surface area (Å²) in [6, 6.07) is 0.204. The minimum atomic E-state index is -0.114. The lowest BCUT2D eigenvalue weighted by Crippen LogP contribution is -2.42. The second-order valence-electron chi connectivity index (χ2n) is 8.77. The molecule has 3 aliphatic carbocycles. The van der Waals surface area contributed by atoms with Crippen molar-refractivity contribution < 1.29 is 14.4 Å². The highest BCUT2D eigenvalue weighted by molar-refractivity contribution is 6.05. The average molecular weight is 346 g/mol. The molecule has 1 heterocycles. The number of rotatable bonds is 5. The van der Waals surface area contributed by atoms with Gasteiger partial charge in [0.15, 0.2) is 0 Å². The van der Waals surface area contributed by atoms with Crippen LogP contribution in [-0.2, 0) is 14.4 Å². The monoisotopic (exact) mass is 346 g/mol. The normalized spacial score (nSPS) is 38.1. The van der Waals surface area contributed by atoms with Crippen LogP contribution in [0.3, 0.4) is 0 Å². The molecule has 0 spiro atoms. The second kappa shape index (κ2) is 6.73. The molecule has 3 saturated carbocycles. The van der Waals surface area contributed by atoms with Gasteiger partial charge in [-0.2, -0.15) is 0 Å². The number of imide groups is 1. The standard InChI is InChI=1S/C20H30N2O3/c1-12(17-11-13-6-7-14(17)10-13)21-18(23)8-9-22-19(24)15-4-2-3-5-16(15)20(22)25/h12-17H,2-11H2,1H3,(H,21,23)/t12-,13-,14-,15+,16+,17-/m0/s1. The van der Waals surface area contributed by atoms with Gasteiger partial charge in [0, 0.05) is 19.0 Å².